The van der Waals surface area contributed by atoms with Crippen LogP contribution in [0.15, 0.2) is 42.5 Å². The highest BCUT2D eigenvalue weighted by Crippen LogP contribution is 2.26. The monoisotopic (exact) mass is 307 g/mol. The van der Waals surface area contributed by atoms with Crippen molar-refractivity contribution >= 4 is 11.6 Å². The average molecular weight is 308 g/mol. The highest BCUT2D eigenvalue weighted by atomic mass is 35.5. The number of halogens is 2. The van der Waals surface area contributed by atoms with Gasteiger partial charge in [-0.25, -0.2) is 4.39 Å². The Hall–Kier alpha value is -1.58. The van der Waals surface area contributed by atoms with Crippen molar-refractivity contribution in [3.63, 3.8) is 0 Å². The van der Waals surface area contributed by atoms with Crippen LogP contribution in [0.3, 0.4) is 0 Å². The zero-order chi connectivity index (χ0) is 15.1. The Morgan fingerprint density at radius 2 is 1.90 bits per heavy atom. The molecule has 0 radical (unpaired) electrons. The minimum atomic E-state index is -0.364. The van der Waals surface area contributed by atoms with Crippen LogP contribution in [0, 0.1) is 5.82 Å². The van der Waals surface area contributed by atoms with Crippen LogP contribution < -0.4 is 10.1 Å². The van der Waals surface area contributed by atoms with Crippen molar-refractivity contribution in [2.45, 2.75) is 26.5 Å². The van der Waals surface area contributed by atoms with Gasteiger partial charge in [0.05, 0.1) is 5.02 Å². The quantitative estimate of drug-likeness (QED) is 0.757. The topological polar surface area (TPSA) is 21.3 Å². The molecule has 2 nitrogen and oxygen atoms in total. The van der Waals surface area contributed by atoms with Gasteiger partial charge in [0.15, 0.2) is 0 Å². The summed E-state index contributed by atoms with van der Waals surface area (Å²) in [6.45, 7) is 4.34. The molecule has 0 aliphatic heterocycles. The Labute approximate surface area is 129 Å². The van der Waals surface area contributed by atoms with Crippen LogP contribution in [0.2, 0.25) is 5.02 Å². The summed E-state index contributed by atoms with van der Waals surface area (Å²) in [4.78, 5) is 0. The molecule has 0 aliphatic carbocycles. The molecule has 0 spiro atoms. The molecule has 0 aromatic heterocycles. The summed E-state index contributed by atoms with van der Waals surface area (Å²) in [6.07, 6.45) is 1.10. The van der Waals surface area contributed by atoms with Crippen LogP contribution in [0.5, 0.6) is 5.75 Å². The second-order valence-electron chi connectivity index (χ2n) is 4.81. The highest BCUT2D eigenvalue weighted by molar-refractivity contribution is 6.32. The number of hydrogen-bond acceptors (Lipinski definition) is 2. The maximum atomic E-state index is 13.0. The summed E-state index contributed by atoms with van der Waals surface area (Å²) >= 11 is 5.96. The molecule has 0 aliphatic rings. The Morgan fingerprint density at radius 1 is 1.14 bits per heavy atom. The van der Waals surface area contributed by atoms with E-state index in [1.165, 1.54) is 17.7 Å². The summed E-state index contributed by atoms with van der Waals surface area (Å²) in [5.74, 6) is 0.130. The van der Waals surface area contributed by atoms with Gasteiger partial charge in [-0.3, -0.25) is 0 Å². The first-order valence-corrected chi connectivity index (χ1v) is 7.44. The van der Waals surface area contributed by atoms with E-state index < -0.39 is 0 Å². The molecule has 0 atom stereocenters. The Balaban J connectivity index is 2.02. The van der Waals surface area contributed by atoms with Crippen molar-refractivity contribution in [1.82, 2.24) is 5.32 Å². The van der Waals surface area contributed by atoms with Gasteiger partial charge in [-0.15, -0.1) is 0 Å². The number of ether oxygens (including phenoxy) is 1. The fourth-order valence-corrected chi connectivity index (χ4v) is 2.24. The molecule has 2 aromatic carbocycles. The van der Waals surface area contributed by atoms with Gasteiger partial charge in [-0.2, -0.15) is 0 Å². The molecule has 0 bridgehead atoms. The molecule has 0 saturated carbocycles. The van der Waals surface area contributed by atoms with Gasteiger partial charge in [0.2, 0.25) is 0 Å². The summed E-state index contributed by atoms with van der Waals surface area (Å²) in [6, 6.07) is 12.2. The van der Waals surface area contributed by atoms with Gasteiger partial charge in [0.1, 0.15) is 18.2 Å². The van der Waals surface area contributed by atoms with Crippen molar-refractivity contribution in [1.29, 1.82) is 0 Å². The summed E-state index contributed by atoms with van der Waals surface area (Å²) in [7, 11) is 0. The number of nitrogens with one attached hydrogen (secondary N) is 1. The molecule has 0 fully saturated rings. The van der Waals surface area contributed by atoms with Gasteiger partial charge in [-0.05, 0) is 42.3 Å². The molecule has 4 heteroatoms. The second-order valence-corrected chi connectivity index (χ2v) is 5.22. The molecule has 0 unspecified atom stereocenters. The van der Waals surface area contributed by atoms with Crippen LogP contribution in [0.1, 0.15) is 24.5 Å². The zero-order valence-electron chi connectivity index (χ0n) is 12.0. The van der Waals surface area contributed by atoms with Crippen molar-refractivity contribution in [2.24, 2.45) is 0 Å². The maximum absolute atomic E-state index is 13.0. The average Bonchev–Trinajstić information content (AvgIpc) is 2.48. The first-order chi connectivity index (χ1) is 10.2. The molecule has 2 rings (SSSR count). The van der Waals surface area contributed by atoms with Crippen molar-refractivity contribution in [3.8, 4) is 5.75 Å². The molecule has 2 aromatic rings. The first-order valence-electron chi connectivity index (χ1n) is 7.06. The SMILES string of the molecule is CCCNCc1ccccc1COc1ccc(F)cc1Cl. The van der Waals surface area contributed by atoms with Crippen molar-refractivity contribution in [3.05, 3.63) is 64.4 Å². The van der Waals surface area contributed by atoms with Crippen molar-refractivity contribution in [2.75, 3.05) is 6.54 Å². The largest absolute Gasteiger partial charge is 0.487 e. The molecule has 21 heavy (non-hydrogen) atoms. The van der Waals surface area contributed by atoms with Gasteiger partial charge in [0.25, 0.3) is 0 Å². The van der Waals surface area contributed by atoms with Gasteiger partial charge < -0.3 is 10.1 Å². The summed E-state index contributed by atoms with van der Waals surface area (Å²) in [5, 5.41) is 3.67. The van der Waals surface area contributed by atoms with E-state index in [2.05, 4.69) is 18.3 Å². The lowest BCUT2D eigenvalue weighted by molar-refractivity contribution is 0.304. The fraction of sp³-hybridized carbons (Fsp3) is 0.294. The van der Waals surface area contributed by atoms with Gasteiger partial charge >= 0.3 is 0 Å². The van der Waals surface area contributed by atoms with E-state index >= 15 is 0 Å². The lowest BCUT2D eigenvalue weighted by Crippen LogP contribution is -2.15. The lowest BCUT2D eigenvalue weighted by atomic mass is 10.1. The molecular weight excluding hydrogens is 289 g/mol. The normalized spacial score (nSPS) is 10.6. The van der Waals surface area contributed by atoms with Gasteiger partial charge in [-0.1, -0.05) is 42.8 Å². The van der Waals surface area contributed by atoms with Crippen LogP contribution in [-0.2, 0) is 13.2 Å². The van der Waals surface area contributed by atoms with Crippen LogP contribution in [0.25, 0.3) is 0 Å². The van der Waals surface area contributed by atoms with E-state index in [1.807, 2.05) is 18.2 Å². The number of rotatable bonds is 7. The van der Waals surface area contributed by atoms with E-state index in [9.17, 15) is 4.39 Å². The minimum absolute atomic E-state index is 0.289. The molecule has 0 amide bonds. The smallest absolute Gasteiger partial charge is 0.138 e. The minimum Gasteiger partial charge on any atom is -0.487 e. The molecule has 112 valence electrons. The summed E-state index contributed by atoms with van der Waals surface area (Å²) < 4.78 is 18.7. The zero-order valence-corrected chi connectivity index (χ0v) is 12.8. The molecule has 0 heterocycles. The molecular formula is C17H19ClFNO. The van der Waals surface area contributed by atoms with Crippen molar-refractivity contribution < 1.29 is 9.13 Å². The van der Waals surface area contributed by atoms with Crippen LogP contribution in [0.4, 0.5) is 4.39 Å². The predicted octanol–water partition coefficient (Wildman–Crippen LogP) is 4.56. The van der Waals surface area contributed by atoms with E-state index in [0.29, 0.717) is 12.4 Å². The molecule has 0 saturated heterocycles. The Kier molecular flexibility index (Phi) is 6.03. The number of benzene rings is 2. The van der Waals surface area contributed by atoms with E-state index in [0.717, 1.165) is 25.1 Å². The predicted molar refractivity (Wildman–Crippen MR) is 84.2 cm³/mol. The Bertz CT molecular complexity index is 589. The fourth-order valence-electron chi connectivity index (χ4n) is 2.02. The second kappa shape index (κ2) is 8.01. The summed E-state index contributed by atoms with van der Waals surface area (Å²) in [5.41, 5.74) is 2.30. The first kappa shape index (κ1) is 15.8. The van der Waals surface area contributed by atoms with E-state index in [4.69, 9.17) is 16.3 Å². The standard InChI is InChI=1S/C17H19ClFNO/c1-2-9-20-11-13-5-3-4-6-14(13)12-21-17-8-7-15(19)10-16(17)18/h3-8,10,20H,2,9,11-12H2,1H3. The molecule has 1 N–H and O–H groups in total. The third-order valence-electron chi connectivity index (χ3n) is 3.14. The lowest BCUT2D eigenvalue weighted by Gasteiger charge is -2.12. The van der Waals surface area contributed by atoms with Crippen LogP contribution in [-0.4, -0.2) is 6.54 Å². The van der Waals surface area contributed by atoms with Crippen LogP contribution >= 0.6 is 11.6 Å². The maximum Gasteiger partial charge on any atom is 0.138 e. The van der Waals surface area contributed by atoms with E-state index in [1.54, 1.807) is 6.07 Å². The van der Waals surface area contributed by atoms with Gasteiger partial charge in [0, 0.05) is 6.54 Å². The van der Waals surface area contributed by atoms with E-state index in [-0.39, 0.29) is 10.8 Å². The highest BCUT2D eigenvalue weighted by Gasteiger charge is 2.06. The third-order valence-corrected chi connectivity index (χ3v) is 3.43. The number of hydrogen-bond donors (Lipinski definition) is 1. The third kappa shape index (κ3) is 4.73. The Morgan fingerprint density at radius 3 is 2.62 bits per heavy atom.